The Hall–Kier alpha value is -3.55. The monoisotopic (exact) mass is 574 g/mol. The molecule has 2 saturated heterocycles. The van der Waals surface area contributed by atoms with E-state index in [1.54, 1.807) is 11.0 Å². The zero-order valence-corrected chi connectivity index (χ0v) is 24.5. The van der Waals surface area contributed by atoms with E-state index in [9.17, 15) is 10.1 Å². The molecule has 10 heteroatoms. The van der Waals surface area contributed by atoms with E-state index in [0.717, 1.165) is 48.4 Å². The number of likely N-dealkylation sites (N-methyl/N-ethyl adjacent to an activating group) is 1. The molecular formula is C32H39FN6O3. The summed E-state index contributed by atoms with van der Waals surface area (Å²) in [4.78, 5) is 28.7. The molecule has 6 rings (SSSR count). The molecule has 0 N–H and O–H groups in total. The van der Waals surface area contributed by atoms with Crippen LogP contribution in [0.5, 0.6) is 6.01 Å². The van der Waals surface area contributed by atoms with Crippen molar-refractivity contribution in [3.63, 3.8) is 0 Å². The van der Waals surface area contributed by atoms with Gasteiger partial charge in [0.2, 0.25) is 5.91 Å². The molecule has 42 heavy (non-hydrogen) atoms. The van der Waals surface area contributed by atoms with Crippen molar-refractivity contribution in [2.75, 3.05) is 51.3 Å². The van der Waals surface area contributed by atoms with Crippen LogP contribution in [0.4, 0.5) is 10.2 Å². The number of amides is 1. The Bertz CT molecular complexity index is 1410. The van der Waals surface area contributed by atoms with Gasteiger partial charge in [-0.05, 0) is 63.9 Å². The molecule has 0 saturated carbocycles. The highest BCUT2D eigenvalue weighted by Crippen LogP contribution is 2.47. The topological polar surface area (TPSA) is 94.8 Å². The molecule has 222 valence electrons. The number of fused-ring (bicyclic) bond motifs is 3. The molecule has 4 aliphatic rings. The SMILES string of the molecule is C=CC(=O)N1CCN(c2nc(OC[C@@H]3CCCN3C)nc3c2CCC2(COC(C)c4c(F)cccc42)C3)C[C@@H]1CC#N. The lowest BCUT2D eigenvalue weighted by molar-refractivity contribution is -0.128. The van der Waals surface area contributed by atoms with Crippen LogP contribution in [0.3, 0.4) is 0 Å². The minimum absolute atomic E-state index is 0.163. The molecule has 3 aliphatic heterocycles. The second-order valence-corrected chi connectivity index (χ2v) is 12.2. The third kappa shape index (κ3) is 5.13. The Labute approximate surface area is 246 Å². The van der Waals surface area contributed by atoms with Crippen LogP contribution < -0.4 is 9.64 Å². The number of likely N-dealkylation sites (tertiary alicyclic amines) is 1. The average Bonchev–Trinajstić information content (AvgIpc) is 3.41. The van der Waals surface area contributed by atoms with Crippen LogP contribution in [0, 0.1) is 17.1 Å². The lowest BCUT2D eigenvalue weighted by Gasteiger charge is -2.45. The van der Waals surface area contributed by atoms with Crippen LogP contribution in [-0.4, -0.2) is 84.2 Å². The predicted molar refractivity (Wildman–Crippen MR) is 156 cm³/mol. The number of aromatic nitrogens is 2. The molecule has 2 aromatic rings. The van der Waals surface area contributed by atoms with Gasteiger partial charge in [0.15, 0.2) is 0 Å². The van der Waals surface area contributed by atoms with E-state index in [-0.39, 0.29) is 35.7 Å². The molecule has 1 aromatic heterocycles. The molecule has 2 fully saturated rings. The third-order valence-corrected chi connectivity index (χ3v) is 9.69. The van der Waals surface area contributed by atoms with Crippen LogP contribution in [0.25, 0.3) is 0 Å². The molecule has 1 amide bonds. The third-order valence-electron chi connectivity index (χ3n) is 9.69. The first kappa shape index (κ1) is 28.6. The van der Waals surface area contributed by atoms with Crippen LogP contribution in [0.2, 0.25) is 0 Å². The molecular weight excluding hydrogens is 535 g/mol. The fourth-order valence-electron chi connectivity index (χ4n) is 7.30. The van der Waals surface area contributed by atoms with Crippen LogP contribution >= 0.6 is 0 Å². The minimum Gasteiger partial charge on any atom is -0.462 e. The molecule has 0 radical (unpaired) electrons. The van der Waals surface area contributed by atoms with Crippen molar-refractivity contribution >= 4 is 11.7 Å². The van der Waals surface area contributed by atoms with E-state index in [1.165, 1.54) is 12.1 Å². The van der Waals surface area contributed by atoms with Gasteiger partial charge in [-0.3, -0.25) is 4.79 Å². The highest BCUT2D eigenvalue weighted by molar-refractivity contribution is 5.87. The van der Waals surface area contributed by atoms with Crippen molar-refractivity contribution < 1.29 is 18.7 Å². The van der Waals surface area contributed by atoms with Crippen LogP contribution in [0.1, 0.15) is 61.1 Å². The van der Waals surface area contributed by atoms with Gasteiger partial charge in [0, 0.05) is 48.6 Å². The Morgan fingerprint density at radius 3 is 2.93 bits per heavy atom. The predicted octanol–water partition coefficient (Wildman–Crippen LogP) is 3.72. The molecule has 9 nitrogen and oxygen atoms in total. The van der Waals surface area contributed by atoms with E-state index in [2.05, 4.69) is 29.5 Å². The zero-order chi connectivity index (χ0) is 29.4. The zero-order valence-electron chi connectivity index (χ0n) is 24.5. The maximum absolute atomic E-state index is 15.0. The molecule has 4 heterocycles. The van der Waals surface area contributed by atoms with Gasteiger partial charge in [-0.25, -0.2) is 4.39 Å². The first-order valence-electron chi connectivity index (χ1n) is 15.0. The maximum atomic E-state index is 15.0. The number of carbonyl (C=O) groups is 1. The van der Waals surface area contributed by atoms with E-state index in [1.807, 2.05) is 13.0 Å². The maximum Gasteiger partial charge on any atom is 0.318 e. The second kappa shape index (κ2) is 11.6. The van der Waals surface area contributed by atoms with Gasteiger partial charge >= 0.3 is 6.01 Å². The lowest BCUT2D eigenvalue weighted by atomic mass is 9.66. The van der Waals surface area contributed by atoms with Crippen molar-refractivity contribution in [2.45, 2.75) is 69.1 Å². The molecule has 0 bridgehead atoms. The number of hydrogen-bond donors (Lipinski definition) is 0. The summed E-state index contributed by atoms with van der Waals surface area (Å²) >= 11 is 0. The number of anilines is 1. The van der Waals surface area contributed by atoms with Crippen molar-refractivity contribution in [3.8, 4) is 12.1 Å². The number of nitriles is 1. The van der Waals surface area contributed by atoms with Gasteiger partial charge in [0.1, 0.15) is 18.2 Å². The number of rotatable bonds is 6. The van der Waals surface area contributed by atoms with Crippen molar-refractivity contribution in [1.29, 1.82) is 5.26 Å². The van der Waals surface area contributed by atoms with Gasteiger partial charge in [-0.1, -0.05) is 18.7 Å². The Morgan fingerprint density at radius 1 is 1.31 bits per heavy atom. The number of nitrogens with zero attached hydrogens (tertiary/aromatic N) is 6. The summed E-state index contributed by atoms with van der Waals surface area (Å²) in [6, 6.07) is 7.97. The van der Waals surface area contributed by atoms with Crippen molar-refractivity contribution in [3.05, 3.63) is 59.1 Å². The average molecular weight is 575 g/mol. The van der Waals surface area contributed by atoms with Gasteiger partial charge < -0.3 is 24.2 Å². The molecule has 1 aliphatic carbocycles. The number of benzene rings is 1. The summed E-state index contributed by atoms with van der Waals surface area (Å²) in [5, 5.41) is 9.52. The summed E-state index contributed by atoms with van der Waals surface area (Å²) in [7, 11) is 2.12. The lowest BCUT2D eigenvalue weighted by Crippen LogP contribution is -2.55. The van der Waals surface area contributed by atoms with Gasteiger partial charge in [0.05, 0.1) is 36.9 Å². The van der Waals surface area contributed by atoms with E-state index < -0.39 is 0 Å². The summed E-state index contributed by atoms with van der Waals surface area (Å²) in [6.45, 7) is 9.15. The molecule has 4 atom stereocenters. The first-order chi connectivity index (χ1) is 20.3. The van der Waals surface area contributed by atoms with Crippen LogP contribution in [0.15, 0.2) is 30.9 Å². The van der Waals surface area contributed by atoms with Gasteiger partial charge in [0.25, 0.3) is 0 Å². The fourth-order valence-corrected chi connectivity index (χ4v) is 7.30. The van der Waals surface area contributed by atoms with Gasteiger partial charge in [-0.15, -0.1) is 0 Å². The Balaban J connectivity index is 1.36. The van der Waals surface area contributed by atoms with E-state index in [4.69, 9.17) is 19.4 Å². The second-order valence-electron chi connectivity index (χ2n) is 12.2. The quantitative estimate of drug-likeness (QED) is 0.482. The smallest absolute Gasteiger partial charge is 0.318 e. The standard InChI is InChI=1S/C32H39FN6O3/c1-4-28(40)39-16-15-38(18-22(39)11-13-34)30-24-10-12-32(20-42-21(2)29-25(32)8-5-9-26(29)33)17-27(24)35-31(36-30)41-19-23-7-6-14-37(23)3/h4-5,8-9,21-23H,1,6-7,10-12,14-20H2,2-3H3/t21?,22-,23-,32?/m0/s1. The Morgan fingerprint density at radius 2 is 2.17 bits per heavy atom. The summed E-state index contributed by atoms with van der Waals surface area (Å²) in [5.41, 5.74) is 3.22. The number of ether oxygens (including phenoxy) is 2. The number of piperazine rings is 1. The molecule has 1 aromatic carbocycles. The summed E-state index contributed by atoms with van der Waals surface area (Å²) in [6.07, 6.45) is 5.53. The van der Waals surface area contributed by atoms with E-state index in [0.29, 0.717) is 63.3 Å². The number of halogens is 1. The van der Waals surface area contributed by atoms with Gasteiger partial charge in [-0.2, -0.15) is 15.2 Å². The normalized spacial score (nSPS) is 27.3. The number of carbonyl (C=O) groups excluding carboxylic acids is 1. The molecule has 2 unspecified atom stereocenters. The first-order valence-corrected chi connectivity index (χ1v) is 15.0. The highest BCUT2D eigenvalue weighted by atomic mass is 19.1. The highest BCUT2D eigenvalue weighted by Gasteiger charge is 2.45. The summed E-state index contributed by atoms with van der Waals surface area (Å²) in [5.74, 6) is 0.417. The summed E-state index contributed by atoms with van der Waals surface area (Å²) < 4.78 is 27.5. The van der Waals surface area contributed by atoms with Crippen molar-refractivity contribution in [1.82, 2.24) is 19.8 Å². The van der Waals surface area contributed by atoms with Crippen molar-refractivity contribution in [2.24, 2.45) is 0 Å². The molecule has 1 spiro atoms. The van der Waals surface area contributed by atoms with Crippen LogP contribution in [-0.2, 0) is 27.8 Å². The largest absolute Gasteiger partial charge is 0.462 e. The minimum atomic E-state index is -0.385. The van der Waals surface area contributed by atoms with E-state index >= 15 is 4.39 Å². The fraction of sp³-hybridized carbons (Fsp3) is 0.562. The number of hydrogen-bond acceptors (Lipinski definition) is 8. The Kier molecular flexibility index (Phi) is 7.90.